The van der Waals surface area contributed by atoms with Crippen LogP contribution in [0, 0.1) is 6.92 Å². The minimum atomic E-state index is -0.372. The van der Waals surface area contributed by atoms with Gasteiger partial charge in [0.25, 0.3) is 11.8 Å². The number of carbonyl (C=O) groups excluding carboxylic acids is 2. The molecular formula is C17H12ClNO2. The Morgan fingerprint density at radius 3 is 2.29 bits per heavy atom. The minimum absolute atomic E-state index is 0.350. The van der Waals surface area contributed by atoms with Crippen molar-refractivity contribution in [2.45, 2.75) is 6.92 Å². The highest BCUT2D eigenvalue weighted by molar-refractivity contribution is 6.45. The van der Waals surface area contributed by atoms with E-state index >= 15 is 0 Å². The number of hydrogen-bond donors (Lipinski definition) is 0. The number of imide groups is 1. The lowest BCUT2D eigenvalue weighted by atomic mass is 10.0. The summed E-state index contributed by atoms with van der Waals surface area (Å²) in [6.45, 7) is 1.97. The smallest absolute Gasteiger partial charge is 0.266 e. The molecule has 4 heteroatoms. The third-order valence-electron chi connectivity index (χ3n) is 3.38. The van der Waals surface area contributed by atoms with Crippen LogP contribution < -0.4 is 4.90 Å². The molecule has 21 heavy (non-hydrogen) atoms. The van der Waals surface area contributed by atoms with Crippen LogP contribution in [-0.2, 0) is 9.59 Å². The molecule has 1 aliphatic rings. The summed E-state index contributed by atoms with van der Waals surface area (Å²) in [5.74, 6) is -0.722. The van der Waals surface area contributed by atoms with Gasteiger partial charge in [0.2, 0.25) is 0 Å². The molecule has 1 heterocycles. The Morgan fingerprint density at radius 1 is 0.952 bits per heavy atom. The summed E-state index contributed by atoms with van der Waals surface area (Å²) >= 11 is 6.08. The van der Waals surface area contributed by atoms with Gasteiger partial charge in [0.1, 0.15) is 0 Å². The van der Waals surface area contributed by atoms with Gasteiger partial charge in [-0.25, -0.2) is 4.90 Å². The second-order valence-electron chi connectivity index (χ2n) is 4.85. The van der Waals surface area contributed by atoms with Crippen LogP contribution in [0.25, 0.3) is 5.57 Å². The SMILES string of the molecule is Cc1ccc(C2=CC(=O)N(c3ccccc3Cl)C2=O)cc1. The second-order valence-corrected chi connectivity index (χ2v) is 5.26. The Balaban J connectivity index is 2.00. The minimum Gasteiger partial charge on any atom is -0.269 e. The number of aryl methyl sites for hydroxylation is 1. The lowest BCUT2D eigenvalue weighted by Gasteiger charge is -2.16. The Kier molecular flexibility index (Phi) is 3.35. The molecule has 104 valence electrons. The summed E-state index contributed by atoms with van der Waals surface area (Å²) in [6.07, 6.45) is 1.36. The molecule has 0 radical (unpaired) electrons. The summed E-state index contributed by atoms with van der Waals surface area (Å²) < 4.78 is 0. The largest absolute Gasteiger partial charge is 0.269 e. The van der Waals surface area contributed by atoms with E-state index in [1.807, 2.05) is 31.2 Å². The number of hydrogen-bond acceptors (Lipinski definition) is 2. The van der Waals surface area contributed by atoms with E-state index < -0.39 is 0 Å². The molecule has 0 saturated heterocycles. The van der Waals surface area contributed by atoms with Crippen molar-refractivity contribution < 1.29 is 9.59 Å². The van der Waals surface area contributed by atoms with Crippen molar-refractivity contribution in [2.24, 2.45) is 0 Å². The standard InChI is InChI=1S/C17H12ClNO2/c1-11-6-8-12(9-7-11)13-10-16(20)19(17(13)21)15-5-3-2-4-14(15)18/h2-10H,1H3. The predicted octanol–water partition coefficient (Wildman–Crippen LogP) is 3.61. The van der Waals surface area contributed by atoms with E-state index in [-0.39, 0.29) is 11.8 Å². The van der Waals surface area contributed by atoms with E-state index in [2.05, 4.69) is 0 Å². The first-order valence-electron chi connectivity index (χ1n) is 6.49. The van der Waals surface area contributed by atoms with Crippen molar-refractivity contribution >= 4 is 34.7 Å². The number of benzene rings is 2. The number of amides is 2. The Morgan fingerprint density at radius 2 is 1.62 bits per heavy atom. The van der Waals surface area contributed by atoms with Crippen molar-refractivity contribution in [1.29, 1.82) is 0 Å². The van der Waals surface area contributed by atoms with Crippen molar-refractivity contribution in [3.8, 4) is 0 Å². The Hall–Kier alpha value is -2.39. The molecule has 3 rings (SSSR count). The fourth-order valence-corrected chi connectivity index (χ4v) is 2.49. The van der Waals surface area contributed by atoms with Crippen LogP contribution in [0.2, 0.25) is 5.02 Å². The third kappa shape index (κ3) is 2.36. The summed E-state index contributed by atoms with van der Waals surface area (Å²) in [5.41, 5.74) is 2.63. The summed E-state index contributed by atoms with van der Waals surface area (Å²) in [6, 6.07) is 14.3. The van der Waals surface area contributed by atoms with E-state index in [1.165, 1.54) is 6.08 Å². The molecule has 0 spiro atoms. The van der Waals surface area contributed by atoms with Gasteiger partial charge in [0.15, 0.2) is 0 Å². The Labute approximate surface area is 127 Å². The van der Waals surface area contributed by atoms with Crippen LogP contribution in [0.1, 0.15) is 11.1 Å². The van der Waals surface area contributed by atoms with Crippen LogP contribution >= 0.6 is 11.6 Å². The van der Waals surface area contributed by atoms with E-state index in [1.54, 1.807) is 24.3 Å². The summed E-state index contributed by atoms with van der Waals surface area (Å²) in [7, 11) is 0. The summed E-state index contributed by atoms with van der Waals surface area (Å²) in [4.78, 5) is 25.8. The highest BCUT2D eigenvalue weighted by Crippen LogP contribution is 2.32. The van der Waals surface area contributed by atoms with E-state index in [4.69, 9.17) is 11.6 Å². The normalized spacial score (nSPS) is 14.6. The molecule has 0 fully saturated rings. The molecular weight excluding hydrogens is 286 g/mol. The first-order chi connectivity index (χ1) is 10.1. The van der Waals surface area contributed by atoms with E-state index in [0.717, 1.165) is 16.0 Å². The maximum atomic E-state index is 12.5. The third-order valence-corrected chi connectivity index (χ3v) is 3.70. The maximum Gasteiger partial charge on any atom is 0.266 e. The molecule has 0 bridgehead atoms. The van der Waals surface area contributed by atoms with Crippen LogP contribution in [-0.4, -0.2) is 11.8 Å². The van der Waals surface area contributed by atoms with Crippen LogP contribution in [0.15, 0.2) is 54.6 Å². The van der Waals surface area contributed by atoms with Crippen molar-refractivity contribution in [1.82, 2.24) is 0 Å². The van der Waals surface area contributed by atoms with Crippen molar-refractivity contribution in [3.63, 3.8) is 0 Å². The maximum absolute atomic E-state index is 12.5. The molecule has 3 nitrogen and oxygen atoms in total. The molecule has 2 aromatic rings. The summed E-state index contributed by atoms with van der Waals surface area (Å²) in [5, 5.41) is 0.373. The fourth-order valence-electron chi connectivity index (χ4n) is 2.27. The van der Waals surface area contributed by atoms with E-state index in [0.29, 0.717) is 16.3 Å². The molecule has 1 aliphatic heterocycles. The van der Waals surface area contributed by atoms with Gasteiger partial charge in [-0.05, 0) is 24.6 Å². The molecule has 0 N–H and O–H groups in total. The number of halogens is 1. The van der Waals surface area contributed by atoms with Gasteiger partial charge < -0.3 is 0 Å². The number of anilines is 1. The highest BCUT2D eigenvalue weighted by atomic mass is 35.5. The number of carbonyl (C=O) groups is 2. The number of para-hydroxylation sites is 1. The van der Waals surface area contributed by atoms with Crippen molar-refractivity contribution in [2.75, 3.05) is 4.90 Å². The van der Waals surface area contributed by atoms with Crippen LogP contribution in [0.3, 0.4) is 0 Å². The molecule has 0 atom stereocenters. The average molecular weight is 298 g/mol. The molecule has 0 aliphatic carbocycles. The predicted molar refractivity (Wildman–Crippen MR) is 83.1 cm³/mol. The van der Waals surface area contributed by atoms with Gasteiger partial charge >= 0.3 is 0 Å². The quantitative estimate of drug-likeness (QED) is 0.794. The van der Waals surface area contributed by atoms with Crippen LogP contribution in [0.4, 0.5) is 5.69 Å². The van der Waals surface area contributed by atoms with E-state index in [9.17, 15) is 9.59 Å². The highest BCUT2D eigenvalue weighted by Gasteiger charge is 2.33. The fraction of sp³-hybridized carbons (Fsp3) is 0.0588. The lowest BCUT2D eigenvalue weighted by molar-refractivity contribution is -0.119. The molecule has 0 aromatic heterocycles. The van der Waals surface area contributed by atoms with Gasteiger partial charge in [-0.3, -0.25) is 9.59 Å². The molecule has 0 saturated carbocycles. The van der Waals surface area contributed by atoms with Gasteiger partial charge in [-0.1, -0.05) is 53.6 Å². The van der Waals surface area contributed by atoms with Gasteiger partial charge in [-0.2, -0.15) is 0 Å². The second kappa shape index (κ2) is 5.19. The number of nitrogens with zero attached hydrogens (tertiary/aromatic N) is 1. The molecule has 0 unspecified atom stereocenters. The van der Waals surface area contributed by atoms with Gasteiger partial charge in [0.05, 0.1) is 16.3 Å². The number of rotatable bonds is 2. The molecule has 2 aromatic carbocycles. The van der Waals surface area contributed by atoms with Gasteiger partial charge in [0, 0.05) is 6.08 Å². The monoisotopic (exact) mass is 297 g/mol. The van der Waals surface area contributed by atoms with Gasteiger partial charge in [-0.15, -0.1) is 0 Å². The zero-order chi connectivity index (χ0) is 15.0. The lowest BCUT2D eigenvalue weighted by Crippen LogP contribution is -2.30. The Bertz CT molecular complexity index is 763. The van der Waals surface area contributed by atoms with Crippen LogP contribution in [0.5, 0.6) is 0 Å². The first-order valence-corrected chi connectivity index (χ1v) is 6.87. The average Bonchev–Trinajstić information content (AvgIpc) is 2.76. The van der Waals surface area contributed by atoms with Crippen molar-refractivity contribution in [3.05, 3.63) is 70.8 Å². The topological polar surface area (TPSA) is 37.4 Å². The molecule has 2 amide bonds. The zero-order valence-electron chi connectivity index (χ0n) is 11.3. The first kappa shape index (κ1) is 13.6. The zero-order valence-corrected chi connectivity index (χ0v) is 12.1.